The van der Waals surface area contributed by atoms with Gasteiger partial charge in [0, 0.05) is 5.57 Å². The van der Waals surface area contributed by atoms with Crippen molar-refractivity contribution in [2.75, 3.05) is 0 Å². The third-order valence-electron chi connectivity index (χ3n) is 9.57. The van der Waals surface area contributed by atoms with Gasteiger partial charge in [0.2, 0.25) is 0 Å². The van der Waals surface area contributed by atoms with Gasteiger partial charge in [-0.1, -0.05) is 90.4 Å². The molecule has 3 aliphatic heterocycles. The van der Waals surface area contributed by atoms with E-state index in [9.17, 15) is 20.1 Å². The second-order valence-electron chi connectivity index (χ2n) is 13.3. The van der Waals surface area contributed by atoms with E-state index in [2.05, 4.69) is 6.92 Å². The fourth-order valence-electron chi connectivity index (χ4n) is 6.90. The minimum Gasteiger partial charge on any atom is -0.455 e. The van der Waals surface area contributed by atoms with Gasteiger partial charge < -0.3 is 29.5 Å². The number of aliphatic hydroxyl groups is 3. The average molecular weight is 595 g/mol. The Labute approximate surface area is 255 Å². The first-order valence-corrected chi connectivity index (χ1v) is 17.6. The van der Waals surface area contributed by atoms with Crippen LogP contribution in [0.15, 0.2) is 11.6 Å². The maximum absolute atomic E-state index is 11.6. The lowest BCUT2D eigenvalue weighted by Gasteiger charge is -2.24. The average Bonchev–Trinajstić information content (AvgIpc) is 3.72. The van der Waals surface area contributed by atoms with E-state index in [-0.39, 0.29) is 48.7 Å². The van der Waals surface area contributed by atoms with Crippen LogP contribution in [0.5, 0.6) is 0 Å². The lowest BCUT2D eigenvalue weighted by molar-refractivity contribution is -0.139. The molecule has 0 saturated carbocycles. The van der Waals surface area contributed by atoms with Gasteiger partial charge in [0.1, 0.15) is 6.10 Å². The van der Waals surface area contributed by atoms with Crippen LogP contribution in [0.1, 0.15) is 155 Å². The molecule has 3 N–H and O–H groups in total. The summed E-state index contributed by atoms with van der Waals surface area (Å²) in [6.45, 7) is 4.09. The largest absolute Gasteiger partial charge is 0.455 e. The second kappa shape index (κ2) is 20.1. The molecule has 0 radical (unpaired) electrons. The molecule has 0 aromatic carbocycles. The number of carbonyl (C=O) groups excluding carboxylic acids is 1. The zero-order valence-corrected chi connectivity index (χ0v) is 26.7. The van der Waals surface area contributed by atoms with Gasteiger partial charge in [-0.2, -0.15) is 0 Å². The molecule has 0 aromatic rings. The number of hydrogen-bond donors (Lipinski definition) is 3. The molecule has 3 aliphatic rings. The molecule has 7 heteroatoms. The quantitative estimate of drug-likeness (QED) is 0.0858. The standard InChI is InChI=1S/C35H62O7/c1-3-4-5-6-11-14-17-29(37)31-21-23-33(41-31)34-24-22-32(42-34)30(38)18-15-12-9-7-8-10-13-16-28(36)20-19-27-25-26(2)40-35(27)39/h25-26,28-34,36-38H,3-24H2,1-2H3/t26-,28+,29-,30-,31-,32-,33-,34-/m1/s1. The number of hydrogen-bond acceptors (Lipinski definition) is 7. The third-order valence-corrected chi connectivity index (χ3v) is 9.57. The highest BCUT2D eigenvalue weighted by Crippen LogP contribution is 2.34. The molecule has 3 rings (SSSR count). The van der Waals surface area contributed by atoms with Gasteiger partial charge in [-0.05, 0) is 70.8 Å². The molecular weight excluding hydrogens is 532 g/mol. The van der Waals surface area contributed by atoms with Gasteiger partial charge in [-0.3, -0.25) is 0 Å². The Hall–Kier alpha value is -0.990. The topological polar surface area (TPSA) is 105 Å². The fraction of sp³-hybridized carbons (Fsp3) is 0.914. The number of cyclic esters (lactones) is 1. The summed E-state index contributed by atoms with van der Waals surface area (Å²) < 4.78 is 17.6. The predicted molar refractivity (Wildman–Crippen MR) is 166 cm³/mol. The van der Waals surface area contributed by atoms with Crippen molar-refractivity contribution in [1.29, 1.82) is 0 Å². The molecule has 7 nitrogen and oxygen atoms in total. The van der Waals surface area contributed by atoms with Crippen LogP contribution in [0.25, 0.3) is 0 Å². The number of ether oxygens (including phenoxy) is 3. The highest BCUT2D eigenvalue weighted by molar-refractivity contribution is 5.90. The zero-order valence-electron chi connectivity index (χ0n) is 26.7. The Bertz CT molecular complexity index is 770. The summed E-state index contributed by atoms with van der Waals surface area (Å²) in [6.07, 6.45) is 23.1. The van der Waals surface area contributed by atoms with Gasteiger partial charge >= 0.3 is 5.97 Å². The number of esters is 1. The van der Waals surface area contributed by atoms with Crippen LogP contribution >= 0.6 is 0 Å². The van der Waals surface area contributed by atoms with Crippen LogP contribution in [-0.2, 0) is 19.0 Å². The van der Waals surface area contributed by atoms with Gasteiger partial charge in [0.15, 0.2) is 0 Å². The normalized spacial score (nSPS) is 28.2. The van der Waals surface area contributed by atoms with E-state index >= 15 is 0 Å². The van der Waals surface area contributed by atoms with Crippen molar-refractivity contribution in [3.8, 4) is 0 Å². The monoisotopic (exact) mass is 594 g/mol. The van der Waals surface area contributed by atoms with Crippen molar-refractivity contribution in [2.45, 2.75) is 204 Å². The molecule has 0 aromatic heterocycles. The molecule has 8 atom stereocenters. The van der Waals surface area contributed by atoms with Gasteiger partial charge in [-0.15, -0.1) is 0 Å². The molecule has 244 valence electrons. The van der Waals surface area contributed by atoms with Crippen LogP contribution < -0.4 is 0 Å². The number of aliphatic hydroxyl groups excluding tert-OH is 3. The van der Waals surface area contributed by atoms with E-state index in [1.807, 2.05) is 13.0 Å². The van der Waals surface area contributed by atoms with Crippen molar-refractivity contribution in [3.63, 3.8) is 0 Å². The summed E-state index contributed by atoms with van der Waals surface area (Å²) in [7, 11) is 0. The van der Waals surface area contributed by atoms with Crippen molar-refractivity contribution in [3.05, 3.63) is 11.6 Å². The molecule has 0 unspecified atom stereocenters. The first kappa shape index (κ1) is 35.5. The van der Waals surface area contributed by atoms with Crippen molar-refractivity contribution in [1.82, 2.24) is 0 Å². The van der Waals surface area contributed by atoms with Crippen molar-refractivity contribution < 1.29 is 34.3 Å². The van der Waals surface area contributed by atoms with E-state index in [1.165, 1.54) is 51.4 Å². The van der Waals surface area contributed by atoms with E-state index in [4.69, 9.17) is 14.2 Å². The summed E-state index contributed by atoms with van der Waals surface area (Å²) in [6, 6.07) is 0. The molecule has 0 amide bonds. The summed E-state index contributed by atoms with van der Waals surface area (Å²) in [5, 5.41) is 31.6. The number of carbonyl (C=O) groups is 1. The van der Waals surface area contributed by atoms with E-state index in [1.54, 1.807) is 0 Å². The van der Waals surface area contributed by atoms with Gasteiger partial charge in [0.05, 0.1) is 42.7 Å². The molecule has 0 bridgehead atoms. The molecular formula is C35H62O7. The number of rotatable bonds is 23. The molecule has 3 heterocycles. The minimum absolute atomic E-state index is 0.0504. The SMILES string of the molecule is CCCCCCCC[C@@H](O)[C@H]1CC[C@H]([C@H]2CC[C@H]([C@H](O)CCCCCCCCC[C@H](O)CCC3=C[C@@H](C)OC3=O)O2)O1. The molecule has 0 spiro atoms. The summed E-state index contributed by atoms with van der Waals surface area (Å²) in [5.41, 5.74) is 0.706. The Morgan fingerprint density at radius 1 is 0.690 bits per heavy atom. The first-order chi connectivity index (χ1) is 20.4. The summed E-state index contributed by atoms with van der Waals surface area (Å²) >= 11 is 0. The maximum Gasteiger partial charge on any atom is 0.334 e. The summed E-state index contributed by atoms with van der Waals surface area (Å²) in [4.78, 5) is 11.6. The van der Waals surface area contributed by atoms with Gasteiger partial charge in [-0.25, -0.2) is 4.79 Å². The number of unbranched alkanes of at least 4 members (excludes halogenated alkanes) is 11. The van der Waals surface area contributed by atoms with Crippen molar-refractivity contribution >= 4 is 5.97 Å². The Kier molecular flexibility index (Phi) is 17.0. The first-order valence-electron chi connectivity index (χ1n) is 17.6. The van der Waals surface area contributed by atoms with E-state index in [0.717, 1.165) is 77.0 Å². The second-order valence-corrected chi connectivity index (χ2v) is 13.3. The molecule has 2 saturated heterocycles. The maximum atomic E-state index is 11.6. The van der Waals surface area contributed by atoms with Crippen LogP contribution in [0, 0.1) is 0 Å². The lowest BCUT2D eigenvalue weighted by Crippen LogP contribution is -2.33. The Morgan fingerprint density at radius 3 is 1.64 bits per heavy atom. The van der Waals surface area contributed by atoms with Crippen LogP contribution in [0.3, 0.4) is 0 Å². The Morgan fingerprint density at radius 2 is 1.17 bits per heavy atom. The van der Waals surface area contributed by atoms with Crippen LogP contribution in [-0.4, -0.2) is 70.1 Å². The lowest BCUT2D eigenvalue weighted by atomic mass is 10.00. The van der Waals surface area contributed by atoms with E-state index in [0.29, 0.717) is 18.4 Å². The predicted octanol–water partition coefficient (Wildman–Crippen LogP) is 7.08. The van der Waals surface area contributed by atoms with Crippen LogP contribution in [0.4, 0.5) is 0 Å². The molecule has 2 fully saturated rings. The highest BCUT2D eigenvalue weighted by atomic mass is 16.6. The smallest absolute Gasteiger partial charge is 0.334 e. The molecule has 0 aliphatic carbocycles. The Balaban J connectivity index is 1.14. The summed E-state index contributed by atoms with van der Waals surface area (Å²) in [5.74, 6) is -0.232. The molecule has 42 heavy (non-hydrogen) atoms. The van der Waals surface area contributed by atoms with Crippen LogP contribution in [0.2, 0.25) is 0 Å². The minimum atomic E-state index is -0.406. The zero-order chi connectivity index (χ0) is 30.2. The fourth-order valence-corrected chi connectivity index (χ4v) is 6.90. The third kappa shape index (κ3) is 12.9. The highest BCUT2D eigenvalue weighted by Gasteiger charge is 2.40. The van der Waals surface area contributed by atoms with Crippen molar-refractivity contribution in [2.24, 2.45) is 0 Å². The van der Waals surface area contributed by atoms with E-state index < -0.39 is 6.10 Å². The van der Waals surface area contributed by atoms with Gasteiger partial charge in [0.25, 0.3) is 0 Å².